The van der Waals surface area contributed by atoms with E-state index in [1.54, 1.807) is 6.07 Å². The van der Waals surface area contributed by atoms with Gasteiger partial charge < -0.3 is 4.90 Å². The lowest BCUT2D eigenvalue weighted by molar-refractivity contribution is -0.383. The summed E-state index contributed by atoms with van der Waals surface area (Å²) in [7, 11) is 3.72. The van der Waals surface area contributed by atoms with Crippen molar-refractivity contribution in [2.45, 2.75) is 0 Å². The molecule has 0 N–H and O–H groups in total. The zero-order valence-corrected chi connectivity index (χ0v) is 8.98. The maximum atomic E-state index is 10.7. The van der Waals surface area contributed by atoms with Crippen LogP contribution in [0, 0.1) is 10.1 Å². The van der Waals surface area contributed by atoms with Crippen molar-refractivity contribution in [3.05, 3.63) is 22.2 Å². The molecule has 0 aliphatic carbocycles. The lowest BCUT2D eigenvalue weighted by Gasteiger charge is -2.11. The van der Waals surface area contributed by atoms with Gasteiger partial charge in [0, 0.05) is 20.2 Å². The van der Waals surface area contributed by atoms with Gasteiger partial charge in [0.25, 0.3) is 5.69 Å². The SMILES string of the molecule is CN(C)c1ccc([N+](=O)[O-])c2nsnc12. The molecule has 1 aromatic heterocycles. The Labute approximate surface area is 89.6 Å². The molecular weight excluding hydrogens is 216 g/mol. The van der Waals surface area contributed by atoms with Crippen molar-refractivity contribution in [1.82, 2.24) is 8.75 Å². The Morgan fingerprint density at radius 1 is 1.33 bits per heavy atom. The summed E-state index contributed by atoms with van der Waals surface area (Å²) in [6, 6.07) is 3.14. The minimum absolute atomic E-state index is 0.00403. The maximum absolute atomic E-state index is 10.7. The molecule has 1 aromatic carbocycles. The van der Waals surface area contributed by atoms with Gasteiger partial charge in [-0.1, -0.05) is 0 Å². The van der Waals surface area contributed by atoms with Crippen LogP contribution in [0.5, 0.6) is 0 Å². The predicted octanol–water partition coefficient (Wildman–Crippen LogP) is 1.67. The van der Waals surface area contributed by atoms with Gasteiger partial charge in [0.15, 0.2) is 5.52 Å². The van der Waals surface area contributed by atoms with Crippen LogP contribution in [0.2, 0.25) is 0 Å². The highest BCUT2D eigenvalue weighted by Gasteiger charge is 2.18. The Kier molecular flexibility index (Phi) is 2.24. The summed E-state index contributed by atoms with van der Waals surface area (Å²) in [6.07, 6.45) is 0. The van der Waals surface area contributed by atoms with Crippen LogP contribution >= 0.6 is 11.7 Å². The van der Waals surface area contributed by atoms with Crippen LogP contribution in [-0.4, -0.2) is 27.8 Å². The first-order valence-corrected chi connectivity index (χ1v) is 4.91. The van der Waals surface area contributed by atoms with E-state index in [4.69, 9.17) is 0 Å². The molecule has 0 aliphatic rings. The van der Waals surface area contributed by atoms with E-state index >= 15 is 0 Å². The number of benzene rings is 1. The standard InChI is InChI=1S/C8H8N4O2S/c1-11(2)5-3-4-6(12(13)14)8-7(5)9-15-10-8/h3-4H,1-2H3. The molecule has 0 fully saturated rings. The summed E-state index contributed by atoms with van der Waals surface area (Å²) in [5.41, 5.74) is 1.78. The molecule has 0 saturated heterocycles. The van der Waals surface area contributed by atoms with Gasteiger partial charge in [0.05, 0.1) is 22.3 Å². The van der Waals surface area contributed by atoms with Crippen LogP contribution < -0.4 is 4.90 Å². The molecule has 2 rings (SSSR count). The second-order valence-electron chi connectivity index (χ2n) is 3.22. The Bertz CT molecular complexity index is 522. The van der Waals surface area contributed by atoms with Crippen molar-refractivity contribution >= 4 is 34.1 Å². The largest absolute Gasteiger partial charge is 0.376 e. The van der Waals surface area contributed by atoms with Crippen LogP contribution in [0.1, 0.15) is 0 Å². The lowest BCUT2D eigenvalue weighted by Crippen LogP contribution is -2.09. The Morgan fingerprint density at radius 2 is 2.00 bits per heavy atom. The monoisotopic (exact) mass is 224 g/mol. The molecule has 2 aromatic rings. The lowest BCUT2D eigenvalue weighted by atomic mass is 10.2. The van der Waals surface area contributed by atoms with Crippen molar-refractivity contribution < 1.29 is 4.92 Å². The molecular formula is C8H8N4O2S. The number of aromatic nitrogens is 2. The van der Waals surface area contributed by atoms with Gasteiger partial charge in [-0.15, -0.1) is 0 Å². The molecule has 0 bridgehead atoms. The van der Waals surface area contributed by atoms with E-state index in [2.05, 4.69) is 8.75 Å². The molecule has 15 heavy (non-hydrogen) atoms. The van der Waals surface area contributed by atoms with E-state index in [0.717, 1.165) is 17.4 Å². The fourth-order valence-corrected chi connectivity index (χ4v) is 1.91. The summed E-state index contributed by atoms with van der Waals surface area (Å²) < 4.78 is 8.01. The predicted molar refractivity (Wildman–Crippen MR) is 58.4 cm³/mol. The van der Waals surface area contributed by atoms with Gasteiger partial charge in [-0.05, 0) is 6.07 Å². The zero-order chi connectivity index (χ0) is 11.0. The normalized spacial score (nSPS) is 10.5. The molecule has 0 unspecified atom stereocenters. The smallest absolute Gasteiger partial charge is 0.298 e. The number of hydrogen-bond donors (Lipinski definition) is 0. The summed E-state index contributed by atoms with van der Waals surface area (Å²) in [5.74, 6) is 0. The number of non-ortho nitro benzene ring substituents is 1. The number of nitro benzene ring substituents is 1. The summed E-state index contributed by atoms with van der Waals surface area (Å²) in [4.78, 5) is 12.1. The summed E-state index contributed by atoms with van der Waals surface area (Å²) >= 11 is 0.985. The molecule has 0 atom stereocenters. The second kappa shape index (κ2) is 3.43. The molecule has 0 amide bonds. The van der Waals surface area contributed by atoms with Crippen molar-refractivity contribution in [2.75, 3.05) is 19.0 Å². The van der Waals surface area contributed by atoms with E-state index in [1.807, 2.05) is 19.0 Å². The number of anilines is 1. The van der Waals surface area contributed by atoms with Crippen molar-refractivity contribution in [3.63, 3.8) is 0 Å². The van der Waals surface area contributed by atoms with E-state index in [-0.39, 0.29) is 5.69 Å². The number of fused-ring (bicyclic) bond motifs is 1. The highest BCUT2D eigenvalue weighted by atomic mass is 32.1. The zero-order valence-electron chi connectivity index (χ0n) is 8.17. The van der Waals surface area contributed by atoms with Crippen LogP contribution in [0.4, 0.5) is 11.4 Å². The van der Waals surface area contributed by atoms with Crippen LogP contribution in [-0.2, 0) is 0 Å². The number of hydrogen-bond acceptors (Lipinski definition) is 6. The van der Waals surface area contributed by atoms with Gasteiger partial charge >= 0.3 is 0 Å². The average molecular weight is 224 g/mol. The first-order valence-electron chi connectivity index (χ1n) is 4.18. The van der Waals surface area contributed by atoms with Gasteiger partial charge in [0.2, 0.25) is 0 Å². The minimum Gasteiger partial charge on any atom is -0.376 e. The third kappa shape index (κ3) is 1.50. The molecule has 1 heterocycles. The molecule has 0 aliphatic heterocycles. The second-order valence-corrected chi connectivity index (χ2v) is 3.75. The molecule has 7 heteroatoms. The first-order chi connectivity index (χ1) is 7.11. The quantitative estimate of drug-likeness (QED) is 0.573. The third-order valence-electron chi connectivity index (χ3n) is 2.05. The summed E-state index contributed by atoms with van der Waals surface area (Å²) in [6.45, 7) is 0. The maximum Gasteiger partial charge on any atom is 0.298 e. The highest BCUT2D eigenvalue weighted by molar-refractivity contribution is 7.00. The molecule has 6 nitrogen and oxygen atoms in total. The average Bonchev–Trinajstić information content (AvgIpc) is 2.63. The van der Waals surface area contributed by atoms with Crippen LogP contribution in [0.3, 0.4) is 0 Å². The Morgan fingerprint density at radius 3 is 2.60 bits per heavy atom. The fourth-order valence-electron chi connectivity index (χ4n) is 1.35. The highest BCUT2D eigenvalue weighted by Crippen LogP contribution is 2.30. The molecule has 0 radical (unpaired) electrons. The van der Waals surface area contributed by atoms with Crippen molar-refractivity contribution in [1.29, 1.82) is 0 Å². The van der Waals surface area contributed by atoms with E-state index in [0.29, 0.717) is 11.0 Å². The van der Waals surface area contributed by atoms with Gasteiger partial charge in [0.1, 0.15) is 5.52 Å². The first kappa shape index (κ1) is 9.78. The van der Waals surface area contributed by atoms with E-state index < -0.39 is 4.92 Å². The minimum atomic E-state index is -0.441. The van der Waals surface area contributed by atoms with E-state index in [1.165, 1.54) is 6.07 Å². The Hall–Kier alpha value is -1.76. The van der Waals surface area contributed by atoms with Gasteiger partial charge in [-0.25, -0.2) is 0 Å². The van der Waals surface area contributed by atoms with Gasteiger partial charge in [-0.3, -0.25) is 10.1 Å². The summed E-state index contributed by atoms with van der Waals surface area (Å²) in [5, 5.41) is 10.7. The van der Waals surface area contributed by atoms with Crippen molar-refractivity contribution in [3.8, 4) is 0 Å². The van der Waals surface area contributed by atoms with Gasteiger partial charge in [-0.2, -0.15) is 8.75 Å². The molecule has 78 valence electrons. The van der Waals surface area contributed by atoms with Crippen LogP contribution in [0.15, 0.2) is 12.1 Å². The number of nitrogens with zero attached hydrogens (tertiary/aromatic N) is 4. The number of nitro groups is 1. The third-order valence-corrected chi connectivity index (χ3v) is 2.58. The Balaban J connectivity index is 2.76. The van der Waals surface area contributed by atoms with Crippen LogP contribution in [0.25, 0.3) is 11.0 Å². The molecule has 0 saturated carbocycles. The van der Waals surface area contributed by atoms with Crippen molar-refractivity contribution in [2.24, 2.45) is 0 Å². The fraction of sp³-hybridized carbons (Fsp3) is 0.250. The molecule has 0 spiro atoms. The topological polar surface area (TPSA) is 72.2 Å². The number of rotatable bonds is 2. The van der Waals surface area contributed by atoms with E-state index in [9.17, 15) is 10.1 Å².